The number of benzene rings is 1. The quantitative estimate of drug-likeness (QED) is 0.863. The van der Waals surface area contributed by atoms with E-state index in [1.165, 1.54) is 6.07 Å². The van der Waals surface area contributed by atoms with Crippen molar-refractivity contribution < 1.29 is 13.5 Å². The Bertz CT molecular complexity index is 620. The monoisotopic (exact) mass is 310 g/mol. The van der Waals surface area contributed by atoms with Gasteiger partial charge in [-0.2, -0.15) is 0 Å². The van der Waals surface area contributed by atoms with Crippen LogP contribution >= 0.6 is 12.2 Å². The van der Waals surface area contributed by atoms with E-state index in [1.54, 1.807) is 6.20 Å². The Morgan fingerprint density at radius 3 is 2.90 bits per heavy atom. The molecule has 0 fully saturated rings. The molecule has 0 aromatic heterocycles. The first kappa shape index (κ1) is 14.2. The second-order valence-corrected chi connectivity index (χ2v) is 5.35. The molecular weight excluding hydrogens is 296 g/mol. The lowest BCUT2D eigenvalue weighted by Gasteiger charge is -2.34. The Balaban J connectivity index is 1.84. The van der Waals surface area contributed by atoms with Crippen LogP contribution in [-0.4, -0.2) is 29.2 Å². The van der Waals surface area contributed by atoms with Crippen LogP contribution in [0.1, 0.15) is 12.0 Å². The molecule has 0 spiro atoms. The highest BCUT2D eigenvalue weighted by atomic mass is 32.1. The summed E-state index contributed by atoms with van der Waals surface area (Å²) >= 11 is 5.23. The van der Waals surface area contributed by atoms with Crippen molar-refractivity contribution in [2.45, 2.75) is 18.9 Å². The van der Waals surface area contributed by atoms with Crippen LogP contribution in [-0.2, 0) is 6.42 Å². The van der Waals surface area contributed by atoms with E-state index in [0.29, 0.717) is 42.4 Å². The van der Waals surface area contributed by atoms with Crippen molar-refractivity contribution in [3.8, 4) is 5.75 Å². The van der Waals surface area contributed by atoms with Gasteiger partial charge in [0, 0.05) is 30.8 Å². The van der Waals surface area contributed by atoms with E-state index in [2.05, 4.69) is 5.32 Å². The van der Waals surface area contributed by atoms with Crippen molar-refractivity contribution in [1.82, 2.24) is 10.2 Å². The molecule has 2 aliphatic heterocycles. The summed E-state index contributed by atoms with van der Waals surface area (Å²) in [4.78, 5) is 1.90. The highest BCUT2D eigenvalue weighted by molar-refractivity contribution is 7.80. The predicted octanol–water partition coefficient (Wildman–Crippen LogP) is 1.66. The summed E-state index contributed by atoms with van der Waals surface area (Å²) in [5, 5.41) is 4.59. The molecule has 0 amide bonds. The molecule has 7 heteroatoms. The molecule has 1 aromatic rings. The maximum Gasteiger partial charge on any atom is 0.200 e. The lowest BCUT2D eigenvalue weighted by molar-refractivity contribution is 0.195. The van der Waals surface area contributed by atoms with Crippen molar-refractivity contribution >= 4 is 17.3 Å². The van der Waals surface area contributed by atoms with Crippen molar-refractivity contribution in [3.63, 3.8) is 0 Å². The zero-order chi connectivity index (χ0) is 15.0. The van der Waals surface area contributed by atoms with E-state index in [-0.39, 0.29) is 6.04 Å². The molecular formula is C14H14F2N3OS. The number of hydrogen-bond acceptors (Lipinski definition) is 3. The summed E-state index contributed by atoms with van der Waals surface area (Å²) < 4.78 is 32.1. The Morgan fingerprint density at radius 2 is 2.14 bits per heavy atom. The molecule has 3 rings (SSSR count). The van der Waals surface area contributed by atoms with Gasteiger partial charge in [-0.3, -0.25) is 0 Å². The average Bonchev–Trinajstić information content (AvgIpc) is 2.81. The summed E-state index contributed by atoms with van der Waals surface area (Å²) in [5.41, 5.74) is 7.15. The molecule has 111 valence electrons. The van der Waals surface area contributed by atoms with Crippen molar-refractivity contribution in [2.75, 3.05) is 13.2 Å². The van der Waals surface area contributed by atoms with Gasteiger partial charge in [-0.1, -0.05) is 0 Å². The Hall–Kier alpha value is -1.73. The van der Waals surface area contributed by atoms with Gasteiger partial charge in [0.05, 0.1) is 6.04 Å². The molecule has 2 aliphatic rings. The van der Waals surface area contributed by atoms with Gasteiger partial charge in [-0.15, -0.1) is 0 Å². The van der Waals surface area contributed by atoms with E-state index in [9.17, 15) is 8.78 Å². The van der Waals surface area contributed by atoms with Gasteiger partial charge in [0.1, 0.15) is 12.4 Å². The van der Waals surface area contributed by atoms with Crippen LogP contribution in [0, 0.1) is 11.6 Å². The highest BCUT2D eigenvalue weighted by Crippen LogP contribution is 2.31. The molecule has 0 bridgehead atoms. The number of ether oxygens (including phenoxy) is 1. The molecule has 4 nitrogen and oxygen atoms in total. The maximum absolute atomic E-state index is 13.4. The van der Waals surface area contributed by atoms with Crippen molar-refractivity contribution in [2.24, 2.45) is 5.73 Å². The molecule has 2 N–H and O–H groups in total. The summed E-state index contributed by atoms with van der Waals surface area (Å²) in [7, 11) is 0. The Labute approximate surface area is 126 Å². The van der Waals surface area contributed by atoms with Crippen LogP contribution in [0.4, 0.5) is 8.78 Å². The highest BCUT2D eigenvalue weighted by Gasteiger charge is 2.33. The molecule has 21 heavy (non-hydrogen) atoms. The van der Waals surface area contributed by atoms with Crippen LogP contribution < -0.4 is 15.8 Å². The number of nitrogens with two attached hydrogens (primary N) is 1. The minimum atomic E-state index is -0.900. The number of thiocarbonyl (C=S) groups is 1. The van der Waals surface area contributed by atoms with Gasteiger partial charge in [-0.25, -0.2) is 14.1 Å². The van der Waals surface area contributed by atoms with E-state index >= 15 is 0 Å². The van der Waals surface area contributed by atoms with Crippen LogP contribution in [0.15, 0.2) is 24.0 Å². The van der Waals surface area contributed by atoms with Gasteiger partial charge < -0.3 is 15.4 Å². The first-order chi connectivity index (χ1) is 10.1. The topological polar surface area (TPSA) is 52.6 Å². The molecule has 1 radical (unpaired) electrons. The zero-order valence-corrected chi connectivity index (χ0v) is 12.0. The van der Waals surface area contributed by atoms with Gasteiger partial charge in [0.15, 0.2) is 16.7 Å². The second-order valence-electron chi connectivity index (χ2n) is 4.98. The smallest absolute Gasteiger partial charge is 0.200 e. The zero-order valence-electron chi connectivity index (χ0n) is 11.2. The van der Waals surface area contributed by atoms with Crippen LogP contribution in [0.2, 0.25) is 0 Å². The van der Waals surface area contributed by atoms with E-state index in [1.807, 2.05) is 4.90 Å². The second kappa shape index (κ2) is 5.57. The van der Waals surface area contributed by atoms with Crippen LogP contribution in [0.5, 0.6) is 5.75 Å². The number of rotatable bonds is 3. The molecule has 0 unspecified atom stereocenters. The summed E-state index contributed by atoms with van der Waals surface area (Å²) in [5.74, 6) is -1.39. The normalized spacial score (nSPS) is 20.7. The molecule has 1 atom stereocenters. The largest absolute Gasteiger partial charge is 0.491 e. The fourth-order valence-electron chi connectivity index (χ4n) is 2.63. The predicted molar refractivity (Wildman–Crippen MR) is 77.7 cm³/mol. The third-order valence-corrected chi connectivity index (χ3v) is 3.90. The molecule has 1 aromatic carbocycles. The Kier molecular flexibility index (Phi) is 3.77. The van der Waals surface area contributed by atoms with Gasteiger partial charge in [-0.05, 0) is 30.4 Å². The van der Waals surface area contributed by atoms with Gasteiger partial charge >= 0.3 is 0 Å². The van der Waals surface area contributed by atoms with Crippen molar-refractivity contribution in [1.29, 1.82) is 0 Å². The van der Waals surface area contributed by atoms with Gasteiger partial charge in [0.25, 0.3) is 0 Å². The standard InChI is InChI=1S/C14H14F2N3OS/c15-11-4-8-3-10(7-20-13(8)5-12(11)16)19-9(1-2-17)6-18-14(19)21/h4-6,10H,1-3,7,17H2/t10-/m1/s1. The average molecular weight is 310 g/mol. The number of fused-ring (bicyclic) bond motifs is 1. The number of nitrogens with zero attached hydrogens (tertiary/aromatic N) is 2. The number of halogens is 2. The summed E-state index contributed by atoms with van der Waals surface area (Å²) in [6.45, 7) is 0.833. The van der Waals surface area contributed by atoms with E-state index in [0.717, 1.165) is 11.8 Å². The lowest BCUT2D eigenvalue weighted by atomic mass is 10.0. The minimum Gasteiger partial charge on any atom is -0.491 e. The van der Waals surface area contributed by atoms with E-state index < -0.39 is 11.6 Å². The summed E-state index contributed by atoms with van der Waals surface area (Å²) in [6, 6.07) is 2.18. The molecule has 2 heterocycles. The third kappa shape index (κ3) is 2.58. The maximum atomic E-state index is 13.4. The molecule has 0 saturated carbocycles. The fraction of sp³-hybridized carbons (Fsp3) is 0.357. The third-order valence-electron chi connectivity index (χ3n) is 3.60. The Morgan fingerprint density at radius 1 is 1.38 bits per heavy atom. The van der Waals surface area contributed by atoms with Crippen LogP contribution in [0.3, 0.4) is 0 Å². The summed E-state index contributed by atoms with van der Waals surface area (Å²) in [6.07, 6.45) is 2.88. The SMILES string of the molecule is NCCC1=C[N]C(=S)N1[C@H]1COc2cc(F)c(F)cc2C1. The number of hydrogen-bond donors (Lipinski definition) is 1. The van der Waals surface area contributed by atoms with Crippen LogP contribution in [0.25, 0.3) is 0 Å². The first-order valence-electron chi connectivity index (χ1n) is 6.64. The fourth-order valence-corrected chi connectivity index (χ4v) is 2.95. The van der Waals surface area contributed by atoms with Gasteiger partial charge in [0.2, 0.25) is 0 Å². The molecule has 0 aliphatic carbocycles. The van der Waals surface area contributed by atoms with Crippen molar-refractivity contribution in [3.05, 3.63) is 41.2 Å². The molecule has 0 saturated heterocycles. The lowest BCUT2D eigenvalue weighted by Crippen LogP contribution is -2.44. The minimum absolute atomic E-state index is 0.0843. The first-order valence-corrected chi connectivity index (χ1v) is 7.05. The van der Waals surface area contributed by atoms with E-state index in [4.69, 9.17) is 22.7 Å².